The van der Waals surface area contributed by atoms with E-state index in [9.17, 15) is 9.59 Å². The molecule has 2 aromatic carbocycles. The summed E-state index contributed by atoms with van der Waals surface area (Å²) in [4.78, 5) is 25.0. The van der Waals surface area contributed by atoms with Gasteiger partial charge in [-0.3, -0.25) is 9.69 Å². The molecule has 3 rings (SSSR count). The molecule has 1 aliphatic heterocycles. The molecule has 1 aliphatic rings. The molecule has 0 unspecified atom stereocenters. The van der Waals surface area contributed by atoms with Gasteiger partial charge in [-0.2, -0.15) is 0 Å². The maximum atomic E-state index is 12.2. The van der Waals surface area contributed by atoms with Gasteiger partial charge in [-0.15, -0.1) is 0 Å². The third kappa shape index (κ3) is 4.21. The Morgan fingerprint density at radius 3 is 2.33 bits per heavy atom. The molecule has 5 nitrogen and oxygen atoms in total. The Kier molecular flexibility index (Phi) is 5.95. The number of hydrogen-bond donors (Lipinski definition) is 1. The highest BCUT2D eigenvalue weighted by Gasteiger charge is 2.32. The van der Waals surface area contributed by atoms with Crippen molar-refractivity contribution in [3.63, 3.8) is 0 Å². The minimum atomic E-state index is -0.453. The molecule has 1 heterocycles. The molecule has 0 aliphatic carbocycles. The first-order valence-corrected chi connectivity index (χ1v) is 9.24. The van der Waals surface area contributed by atoms with Crippen molar-refractivity contribution in [2.75, 3.05) is 6.54 Å². The number of carbonyl (C=O) groups excluding carboxylic acids is 2. The zero-order chi connectivity index (χ0) is 19.6. The topological polar surface area (TPSA) is 58.6 Å². The number of benzene rings is 2. The molecular formula is C19H15Cl3N2O3. The molecule has 2 aromatic rings. The van der Waals surface area contributed by atoms with Crippen molar-refractivity contribution in [3.05, 3.63) is 68.3 Å². The lowest BCUT2D eigenvalue weighted by Gasteiger charge is -2.12. The second-order valence-electron chi connectivity index (χ2n) is 5.73. The van der Waals surface area contributed by atoms with Gasteiger partial charge >= 0.3 is 6.03 Å². The number of rotatable bonds is 5. The lowest BCUT2D eigenvalue weighted by atomic mass is 10.1. The second-order valence-corrected chi connectivity index (χ2v) is 6.95. The summed E-state index contributed by atoms with van der Waals surface area (Å²) in [5.41, 5.74) is 1.53. The first-order chi connectivity index (χ1) is 12.9. The van der Waals surface area contributed by atoms with Crippen molar-refractivity contribution in [2.45, 2.75) is 13.5 Å². The zero-order valence-corrected chi connectivity index (χ0v) is 16.5. The highest BCUT2D eigenvalue weighted by molar-refractivity contribution is 6.37. The van der Waals surface area contributed by atoms with E-state index in [1.165, 1.54) is 6.08 Å². The molecule has 0 radical (unpaired) electrons. The van der Waals surface area contributed by atoms with Crippen molar-refractivity contribution in [1.82, 2.24) is 10.2 Å². The van der Waals surface area contributed by atoms with Gasteiger partial charge in [0.25, 0.3) is 5.91 Å². The second kappa shape index (κ2) is 8.21. The van der Waals surface area contributed by atoms with Gasteiger partial charge in [-0.05, 0) is 36.8 Å². The van der Waals surface area contributed by atoms with Gasteiger partial charge in [-0.1, -0.05) is 53.0 Å². The molecule has 27 heavy (non-hydrogen) atoms. The van der Waals surface area contributed by atoms with Gasteiger partial charge in [0.15, 0.2) is 5.75 Å². The predicted octanol–water partition coefficient (Wildman–Crippen LogP) is 5.14. The van der Waals surface area contributed by atoms with Crippen LogP contribution in [-0.2, 0) is 11.4 Å². The Bertz CT molecular complexity index is 921. The number of halogens is 3. The van der Waals surface area contributed by atoms with Crippen LogP contribution >= 0.6 is 34.8 Å². The first kappa shape index (κ1) is 19.5. The molecule has 0 spiro atoms. The summed E-state index contributed by atoms with van der Waals surface area (Å²) in [6, 6.07) is 10.1. The van der Waals surface area contributed by atoms with Crippen LogP contribution in [0.15, 0.2) is 42.1 Å². The van der Waals surface area contributed by atoms with Gasteiger partial charge in [-0.25, -0.2) is 4.79 Å². The number of hydrogen-bond acceptors (Lipinski definition) is 3. The van der Waals surface area contributed by atoms with Crippen molar-refractivity contribution >= 4 is 52.8 Å². The monoisotopic (exact) mass is 424 g/mol. The third-order valence-electron chi connectivity index (χ3n) is 3.94. The quantitative estimate of drug-likeness (QED) is 0.533. The fraction of sp³-hybridized carbons (Fsp3) is 0.158. The van der Waals surface area contributed by atoms with Crippen molar-refractivity contribution in [3.8, 4) is 5.75 Å². The van der Waals surface area contributed by atoms with Crippen molar-refractivity contribution < 1.29 is 14.3 Å². The number of nitrogens with one attached hydrogen (secondary N) is 1. The molecule has 8 heteroatoms. The molecule has 1 fully saturated rings. The molecule has 0 bridgehead atoms. The van der Waals surface area contributed by atoms with Crippen LogP contribution in [-0.4, -0.2) is 23.4 Å². The standard InChI is InChI=1S/C19H15Cl3N2O3/c1-2-24-18(25)16(23-19(24)26)9-11-7-14(21)17(15(22)8-11)27-10-12-5-3-4-6-13(12)20/h3-9H,2,10H2,1H3,(H,23,26)/b16-9+. The smallest absolute Gasteiger partial charge is 0.328 e. The summed E-state index contributed by atoms with van der Waals surface area (Å²) < 4.78 is 5.72. The number of carbonyl (C=O) groups is 2. The SMILES string of the molecule is CCN1C(=O)N/C(=C/c2cc(Cl)c(OCc3ccccc3Cl)c(Cl)c2)C1=O. The first-order valence-electron chi connectivity index (χ1n) is 8.10. The molecular weight excluding hydrogens is 411 g/mol. The van der Waals surface area contributed by atoms with E-state index in [1.54, 1.807) is 25.1 Å². The molecule has 0 atom stereocenters. The maximum Gasteiger partial charge on any atom is 0.328 e. The van der Waals surface area contributed by atoms with Crippen LogP contribution in [0.1, 0.15) is 18.1 Å². The van der Waals surface area contributed by atoms with E-state index in [-0.39, 0.29) is 22.3 Å². The molecule has 0 saturated carbocycles. The van der Waals surface area contributed by atoms with E-state index in [2.05, 4.69) is 5.32 Å². The number of ether oxygens (including phenoxy) is 1. The van der Waals surface area contributed by atoms with Crippen LogP contribution in [0.3, 0.4) is 0 Å². The van der Waals surface area contributed by atoms with Crippen LogP contribution in [0.5, 0.6) is 5.75 Å². The Morgan fingerprint density at radius 2 is 1.74 bits per heavy atom. The molecule has 1 N–H and O–H groups in total. The van der Waals surface area contributed by atoms with E-state index in [1.807, 2.05) is 18.2 Å². The summed E-state index contributed by atoms with van der Waals surface area (Å²) >= 11 is 18.7. The minimum Gasteiger partial charge on any atom is -0.486 e. The number of nitrogens with zero attached hydrogens (tertiary/aromatic N) is 1. The summed E-state index contributed by atoms with van der Waals surface area (Å²) in [7, 11) is 0. The van der Waals surface area contributed by atoms with Crippen LogP contribution < -0.4 is 10.1 Å². The molecule has 3 amide bonds. The van der Waals surface area contributed by atoms with E-state index >= 15 is 0 Å². The van der Waals surface area contributed by atoms with Crippen LogP contribution in [0, 0.1) is 0 Å². The predicted molar refractivity (Wildman–Crippen MR) is 106 cm³/mol. The summed E-state index contributed by atoms with van der Waals surface area (Å²) in [5.74, 6) is -0.0776. The van der Waals surface area contributed by atoms with Crippen LogP contribution in [0.25, 0.3) is 6.08 Å². The Labute approximate surface area is 171 Å². The maximum absolute atomic E-state index is 12.2. The van der Waals surface area contributed by atoms with Crippen molar-refractivity contribution in [2.24, 2.45) is 0 Å². The van der Waals surface area contributed by atoms with E-state index < -0.39 is 11.9 Å². The highest BCUT2D eigenvalue weighted by atomic mass is 35.5. The van der Waals surface area contributed by atoms with Gasteiger partial charge in [0.2, 0.25) is 0 Å². The third-order valence-corrected chi connectivity index (χ3v) is 4.87. The molecule has 140 valence electrons. The lowest BCUT2D eigenvalue weighted by molar-refractivity contribution is -0.122. The number of likely N-dealkylation sites (N-methyl/N-ethyl adjacent to an activating group) is 1. The van der Waals surface area contributed by atoms with Crippen LogP contribution in [0.4, 0.5) is 4.79 Å². The minimum absolute atomic E-state index is 0.165. The average molecular weight is 426 g/mol. The Balaban J connectivity index is 1.81. The van der Waals surface area contributed by atoms with E-state index in [4.69, 9.17) is 39.5 Å². The summed E-state index contributed by atoms with van der Waals surface area (Å²) in [5, 5.41) is 3.68. The number of imide groups is 1. The summed E-state index contributed by atoms with van der Waals surface area (Å²) in [6.45, 7) is 2.22. The van der Waals surface area contributed by atoms with E-state index in [0.717, 1.165) is 10.5 Å². The van der Waals surface area contributed by atoms with Gasteiger partial charge in [0, 0.05) is 17.1 Å². The fourth-order valence-corrected chi connectivity index (χ4v) is 3.39. The number of amides is 3. The normalized spacial score (nSPS) is 15.4. The highest BCUT2D eigenvalue weighted by Crippen LogP contribution is 2.36. The van der Waals surface area contributed by atoms with Gasteiger partial charge in [0.1, 0.15) is 12.3 Å². The van der Waals surface area contributed by atoms with E-state index in [0.29, 0.717) is 22.9 Å². The fourth-order valence-electron chi connectivity index (χ4n) is 2.59. The zero-order valence-electron chi connectivity index (χ0n) is 14.3. The van der Waals surface area contributed by atoms with Gasteiger partial charge < -0.3 is 10.1 Å². The molecule has 0 aromatic heterocycles. The Hall–Kier alpha value is -2.21. The largest absolute Gasteiger partial charge is 0.486 e. The number of urea groups is 1. The average Bonchev–Trinajstić information content (AvgIpc) is 2.88. The van der Waals surface area contributed by atoms with Crippen molar-refractivity contribution in [1.29, 1.82) is 0 Å². The lowest BCUT2D eigenvalue weighted by Crippen LogP contribution is -2.30. The van der Waals surface area contributed by atoms with Crippen LogP contribution in [0.2, 0.25) is 15.1 Å². The Morgan fingerprint density at radius 1 is 1.07 bits per heavy atom. The van der Waals surface area contributed by atoms with Gasteiger partial charge in [0.05, 0.1) is 10.0 Å². The summed E-state index contributed by atoms with van der Waals surface area (Å²) in [6.07, 6.45) is 1.52. The molecule has 1 saturated heterocycles.